The molecule has 0 aliphatic heterocycles. The summed E-state index contributed by atoms with van der Waals surface area (Å²) >= 11 is 0. The van der Waals surface area contributed by atoms with Gasteiger partial charge in [-0.3, -0.25) is 4.98 Å². The molecule has 0 aliphatic carbocycles. The van der Waals surface area contributed by atoms with Gasteiger partial charge in [0, 0.05) is 47.7 Å². The Balaban J connectivity index is 0.000000290. The van der Waals surface area contributed by atoms with Crippen LogP contribution in [0.4, 0.5) is 0 Å². The fourth-order valence-electron chi connectivity index (χ4n) is 9.52. The van der Waals surface area contributed by atoms with E-state index in [2.05, 4.69) is 217 Å². The predicted molar refractivity (Wildman–Crippen MR) is 310 cm³/mol. The second kappa shape index (κ2) is 21.1. The first-order chi connectivity index (χ1) is 36.2. The van der Waals surface area contributed by atoms with Crippen molar-refractivity contribution in [1.82, 2.24) is 19.5 Å². The van der Waals surface area contributed by atoms with E-state index in [1.807, 2.05) is 30.6 Å². The summed E-state index contributed by atoms with van der Waals surface area (Å²) in [5.41, 5.74) is 17.8. The number of aromatic nitrogens is 4. The van der Waals surface area contributed by atoms with Crippen LogP contribution in [0, 0.1) is 19.0 Å². The maximum absolute atomic E-state index is 7.35. The Labute approximate surface area is 456 Å². The summed E-state index contributed by atoms with van der Waals surface area (Å²) in [6, 6.07) is 63.1. The van der Waals surface area contributed by atoms with E-state index in [-0.39, 0.29) is 37.4 Å². The molecule has 0 amide bonds. The Bertz CT molecular complexity index is 3770. The van der Waals surface area contributed by atoms with Crippen molar-refractivity contribution in [3.05, 3.63) is 211 Å². The molecule has 0 bridgehead atoms. The van der Waals surface area contributed by atoms with E-state index in [9.17, 15) is 0 Å². The van der Waals surface area contributed by atoms with Crippen LogP contribution in [0.25, 0.3) is 94.8 Å². The Kier molecular flexibility index (Phi) is 13.7. The summed E-state index contributed by atoms with van der Waals surface area (Å²) < 4.78 is 31.2. The van der Waals surface area contributed by atoms with Crippen LogP contribution >= 0.6 is 0 Å². The maximum atomic E-state index is 7.35. The molecule has 0 atom stereocenters. The van der Waals surface area contributed by atoms with Crippen LogP contribution < -0.4 is 5.19 Å². The van der Waals surface area contributed by atoms with Crippen molar-refractivity contribution in [3.8, 4) is 61.7 Å². The minimum Gasteiger partial charge on any atom is -0.501 e. The van der Waals surface area contributed by atoms with Gasteiger partial charge < -0.3 is 14.0 Å². The number of hydrogen-bond acceptors (Lipinski definition) is 4. The molecule has 4 heterocycles. The Morgan fingerprint density at radius 1 is 0.622 bits per heavy atom. The monoisotopic (exact) mass is 1160 g/mol. The predicted octanol–water partition coefficient (Wildman–Crippen LogP) is 17.7. The topological polar surface area (TPSA) is 56.7 Å². The van der Waals surface area contributed by atoms with Gasteiger partial charge in [0.15, 0.2) is 5.65 Å². The Hall–Kier alpha value is -7.02. The first-order valence-corrected chi connectivity index (χ1v) is 28.9. The third-order valence-corrected chi connectivity index (χ3v) is 15.8. The van der Waals surface area contributed by atoms with Crippen LogP contribution in [-0.2, 0) is 25.5 Å². The molecule has 0 N–H and O–H groups in total. The number of furan rings is 1. The quantitative estimate of drug-likeness (QED) is 0.107. The second-order valence-corrected chi connectivity index (χ2v) is 26.9. The van der Waals surface area contributed by atoms with E-state index < -0.39 is 14.9 Å². The molecule has 0 saturated carbocycles. The van der Waals surface area contributed by atoms with Gasteiger partial charge in [-0.2, -0.15) is 0 Å². The minimum atomic E-state index is -2.08. The minimum absolute atomic E-state index is 0. The smallest absolute Gasteiger partial charge is 0.155 e. The van der Waals surface area contributed by atoms with Gasteiger partial charge in [-0.25, -0.2) is 4.98 Å². The van der Waals surface area contributed by atoms with Gasteiger partial charge in [0.1, 0.15) is 5.58 Å². The molecule has 7 heteroatoms. The number of aryl methyl sites for hydroxylation is 1. The number of imidazole rings is 1. The number of fused-ring (bicyclic) bond motifs is 4. The summed E-state index contributed by atoms with van der Waals surface area (Å²) in [6.07, 6.45) is 3.94. The SMILES string of the molecule is CC(C)c1cc(-c2ccccc2)cc(C(C)C)c1-n1c(-c2[c-]ccc3c2oc2cc(-c4ccc(-c5ccccc5)cc4)ccc23)nc2cc(C(C)(C)C)cnc21.[2H]C([2H])([2H])c1c[c-]c(-c2ccc([Si](C)(C)C)cn2)cc1.[Ir]. The maximum Gasteiger partial charge on any atom is 0.155 e. The number of pyridine rings is 2. The summed E-state index contributed by atoms with van der Waals surface area (Å²) in [5, 5.41) is 3.41. The largest absolute Gasteiger partial charge is 0.501 e. The van der Waals surface area contributed by atoms with Crippen LogP contribution in [-0.4, -0.2) is 27.6 Å². The van der Waals surface area contributed by atoms with Crippen molar-refractivity contribution < 1.29 is 28.6 Å². The molecule has 0 unspecified atom stereocenters. The zero-order chi connectivity index (χ0) is 53.7. The van der Waals surface area contributed by atoms with Crippen molar-refractivity contribution in [2.45, 2.75) is 92.2 Å². The van der Waals surface area contributed by atoms with Gasteiger partial charge in [-0.05, 0) is 102 Å². The molecule has 11 aromatic rings. The molecule has 0 spiro atoms. The van der Waals surface area contributed by atoms with Gasteiger partial charge in [-0.1, -0.05) is 195 Å². The summed E-state index contributed by atoms with van der Waals surface area (Å²) in [6.45, 7) is 20.5. The molecule has 0 saturated heterocycles. The van der Waals surface area contributed by atoms with Crippen molar-refractivity contribution >= 4 is 46.4 Å². The number of benzene rings is 7. The number of hydrogen-bond donors (Lipinski definition) is 0. The molecule has 74 heavy (non-hydrogen) atoms. The van der Waals surface area contributed by atoms with E-state index in [4.69, 9.17) is 18.5 Å². The third-order valence-electron chi connectivity index (χ3n) is 13.8. The zero-order valence-corrected chi connectivity index (χ0v) is 47.3. The molecule has 1 radical (unpaired) electrons. The molecule has 373 valence electrons. The van der Waals surface area contributed by atoms with Gasteiger partial charge in [0.25, 0.3) is 0 Å². The molecule has 5 nitrogen and oxygen atoms in total. The Morgan fingerprint density at radius 2 is 1.24 bits per heavy atom. The van der Waals surface area contributed by atoms with Crippen LogP contribution in [0.5, 0.6) is 0 Å². The van der Waals surface area contributed by atoms with E-state index in [0.717, 1.165) is 78.1 Å². The van der Waals surface area contributed by atoms with E-state index >= 15 is 0 Å². The normalized spacial score (nSPS) is 12.6. The summed E-state index contributed by atoms with van der Waals surface area (Å²) in [4.78, 5) is 15.1. The molecule has 4 aromatic heterocycles. The standard InChI is InChI=1S/C52H46N3O.C15H18NSi.Ir/c1-32(2)44-27-39(35-17-12-9-13-18-35)28-45(33(3)4)48(44)55-50(54-46-30-40(52(5,6)7)31-53-51(46)55)43-20-14-19-42-41-26-25-38(29-47(41)56-49(42)43)37-23-21-36(22-24-37)34-15-10-8-11-16-34;1-12-5-7-13(8-6-12)15-10-9-14(11-16-15)17(2,3)4;/h8-19,21-33H,1-7H3;5-7,9-11H,1-4H3;/q2*-1;/i;1D3;. The van der Waals surface area contributed by atoms with Crippen LogP contribution in [0.3, 0.4) is 0 Å². The van der Waals surface area contributed by atoms with E-state index in [1.165, 1.54) is 44.6 Å². The fraction of sp³-hybridized carbons (Fsp3) is 0.209. The van der Waals surface area contributed by atoms with Crippen molar-refractivity contribution in [3.63, 3.8) is 0 Å². The van der Waals surface area contributed by atoms with Gasteiger partial charge in [0.2, 0.25) is 0 Å². The van der Waals surface area contributed by atoms with Crippen LogP contribution in [0.15, 0.2) is 181 Å². The number of rotatable bonds is 9. The Morgan fingerprint density at radius 3 is 1.81 bits per heavy atom. The molecule has 0 aliphatic rings. The first kappa shape index (κ1) is 47.9. The molecule has 11 rings (SSSR count). The molecule has 7 aromatic carbocycles. The van der Waals surface area contributed by atoms with Gasteiger partial charge >= 0.3 is 0 Å². The summed E-state index contributed by atoms with van der Waals surface area (Å²) in [5.74, 6) is 1.24. The average Bonchev–Trinajstić information content (AvgIpc) is 4.04. The van der Waals surface area contributed by atoms with Crippen molar-refractivity contribution in [2.75, 3.05) is 0 Å². The molecule has 0 fully saturated rings. The van der Waals surface area contributed by atoms with Crippen molar-refractivity contribution in [1.29, 1.82) is 0 Å². The van der Waals surface area contributed by atoms with E-state index in [0.29, 0.717) is 5.56 Å². The van der Waals surface area contributed by atoms with Crippen LogP contribution in [0.1, 0.15) is 86.7 Å². The van der Waals surface area contributed by atoms with E-state index in [1.54, 1.807) is 12.1 Å². The second-order valence-electron chi connectivity index (χ2n) is 21.8. The van der Waals surface area contributed by atoms with Gasteiger partial charge in [-0.15, -0.1) is 53.6 Å². The molecular formula is C67H64IrN4OSi-2. The first-order valence-electron chi connectivity index (χ1n) is 26.9. The molecular weight excluding hydrogens is 1100 g/mol. The summed E-state index contributed by atoms with van der Waals surface area (Å²) in [7, 11) is -1.34. The zero-order valence-electron chi connectivity index (χ0n) is 46.9. The van der Waals surface area contributed by atoms with Crippen LogP contribution in [0.2, 0.25) is 19.6 Å². The number of nitrogens with zero attached hydrogens (tertiary/aromatic N) is 4. The fourth-order valence-corrected chi connectivity index (χ4v) is 10.6. The van der Waals surface area contributed by atoms with Crippen molar-refractivity contribution in [2.24, 2.45) is 0 Å². The average molecular weight is 1160 g/mol. The van der Waals surface area contributed by atoms with Gasteiger partial charge in [0.05, 0.1) is 25.0 Å². The third kappa shape index (κ3) is 10.5.